The highest BCUT2D eigenvalue weighted by Gasteiger charge is 2.29. The van der Waals surface area contributed by atoms with E-state index in [0.29, 0.717) is 0 Å². The van der Waals surface area contributed by atoms with Crippen molar-refractivity contribution in [3.05, 3.63) is 53.3 Å². The number of rotatable bonds is 7. The molecule has 1 aliphatic rings. The summed E-state index contributed by atoms with van der Waals surface area (Å²) in [5.74, 6) is 0. The summed E-state index contributed by atoms with van der Waals surface area (Å²) in [6, 6.07) is 10.6. The van der Waals surface area contributed by atoms with Crippen LogP contribution < -0.4 is 4.98 Å². The molecule has 0 heterocycles. The SMILES string of the molecule is CCCCCC1=C([Si](C)(C)Nc2ccccc2)CC=C1. The predicted molar refractivity (Wildman–Crippen MR) is 92.5 cm³/mol. The van der Waals surface area contributed by atoms with Crippen molar-refractivity contribution in [2.45, 2.75) is 52.1 Å². The largest absolute Gasteiger partial charge is 0.407 e. The quantitative estimate of drug-likeness (QED) is 0.502. The smallest absolute Gasteiger partial charge is 0.175 e. The average molecular weight is 286 g/mol. The monoisotopic (exact) mass is 285 g/mol. The zero-order valence-electron chi connectivity index (χ0n) is 13.1. The van der Waals surface area contributed by atoms with Gasteiger partial charge in [-0.25, -0.2) is 0 Å². The van der Waals surface area contributed by atoms with E-state index in [0.717, 1.165) is 6.42 Å². The molecule has 1 aliphatic carbocycles. The lowest BCUT2D eigenvalue weighted by Gasteiger charge is -2.28. The van der Waals surface area contributed by atoms with Gasteiger partial charge in [-0.2, -0.15) is 0 Å². The Bertz CT molecular complexity index is 485. The fraction of sp³-hybridized carbons (Fsp3) is 0.444. The number of allylic oxidation sites excluding steroid dienone is 4. The van der Waals surface area contributed by atoms with Crippen LogP contribution in [0.3, 0.4) is 0 Å². The third-order valence-corrected chi connectivity index (χ3v) is 7.01. The first-order chi connectivity index (χ1) is 9.63. The first-order valence-electron chi connectivity index (χ1n) is 7.86. The molecule has 0 spiro atoms. The Balaban J connectivity index is 2.09. The minimum absolute atomic E-state index is 1.15. The van der Waals surface area contributed by atoms with E-state index in [1.54, 1.807) is 10.8 Å². The van der Waals surface area contributed by atoms with Crippen LogP contribution in [0.15, 0.2) is 53.3 Å². The van der Waals surface area contributed by atoms with E-state index in [-0.39, 0.29) is 0 Å². The summed E-state index contributed by atoms with van der Waals surface area (Å²) < 4.78 is 0. The van der Waals surface area contributed by atoms with E-state index in [1.165, 1.54) is 31.4 Å². The number of anilines is 1. The van der Waals surface area contributed by atoms with Crippen LogP contribution in [0.5, 0.6) is 0 Å². The van der Waals surface area contributed by atoms with Crippen molar-refractivity contribution in [1.82, 2.24) is 0 Å². The van der Waals surface area contributed by atoms with E-state index in [1.807, 2.05) is 0 Å². The number of benzene rings is 1. The van der Waals surface area contributed by atoms with Crippen LogP contribution in [0.25, 0.3) is 0 Å². The highest BCUT2D eigenvalue weighted by atomic mass is 28.3. The summed E-state index contributed by atoms with van der Waals surface area (Å²) in [6.45, 7) is 7.14. The van der Waals surface area contributed by atoms with Gasteiger partial charge in [0.15, 0.2) is 8.24 Å². The molecule has 0 aliphatic heterocycles. The van der Waals surface area contributed by atoms with Crippen molar-refractivity contribution < 1.29 is 0 Å². The molecule has 0 unspecified atom stereocenters. The molecule has 0 saturated heterocycles. The Kier molecular flexibility index (Phi) is 5.24. The summed E-state index contributed by atoms with van der Waals surface area (Å²) in [6.07, 6.45) is 11.1. The molecule has 1 nitrogen and oxygen atoms in total. The molecule has 2 rings (SSSR count). The van der Waals surface area contributed by atoms with Gasteiger partial charge in [0.1, 0.15) is 0 Å². The molecule has 0 amide bonds. The van der Waals surface area contributed by atoms with Crippen molar-refractivity contribution >= 4 is 13.9 Å². The zero-order chi connectivity index (χ0) is 14.4. The number of hydrogen-bond donors (Lipinski definition) is 1. The molecule has 0 radical (unpaired) electrons. The van der Waals surface area contributed by atoms with Crippen molar-refractivity contribution in [3.8, 4) is 0 Å². The van der Waals surface area contributed by atoms with E-state index in [2.05, 4.69) is 67.5 Å². The molecule has 108 valence electrons. The molecule has 0 aromatic heterocycles. The summed E-state index contributed by atoms with van der Waals surface area (Å²) in [7, 11) is -1.57. The fourth-order valence-corrected chi connectivity index (χ4v) is 5.64. The molecule has 0 atom stereocenters. The van der Waals surface area contributed by atoms with E-state index >= 15 is 0 Å². The lowest BCUT2D eigenvalue weighted by Crippen LogP contribution is -2.39. The third kappa shape index (κ3) is 3.86. The second kappa shape index (κ2) is 6.94. The molecule has 1 aromatic rings. The second-order valence-corrected chi connectivity index (χ2v) is 10.3. The van der Waals surface area contributed by atoms with Crippen LogP contribution >= 0.6 is 0 Å². The Morgan fingerprint density at radius 1 is 1.10 bits per heavy atom. The average Bonchev–Trinajstić information content (AvgIpc) is 2.89. The highest BCUT2D eigenvalue weighted by molar-refractivity contribution is 6.87. The van der Waals surface area contributed by atoms with Gasteiger partial charge in [0.05, 0.1) is 0 Å². The van der Waals surface area contributed by atoms with Gasteiger partial charge >= 0.3 is 0 Å². The number of nitrogens with one attached hydrogen (secondary N) is 1. The molecule has 1 aromatic carbocycles. The van der Waals surface area contributed by atoms with Crippen molar-refractivity contribution in [1.29, 1.82) is 0 Å². The Morgan fingerprint density at radius 2 is 1.85 bits per heavy atom. The van der Waals surface area contributed by atoms with Crippen LogP contribution in [0.1, 0.15) is 39.0 Å². The standard InChI is InChI=1S/C18H27NSi/c1-4-5-7-11-16-12-10-15-18(16)20(2,3)19-17-13-8-6-9-14-17/h6,8-10,12-14,19H,4-5,7,11,15H2,1-3H3. The van der Waals surface area contributed by atoms with Gasteiger partial charge in [0, 0.05) is 5.69 Å². The normalized spacial score (nSPS) is 14.9. The minimum Gasteiger partial charge on any atom is -0.407 e. The van der Waals surface area contributed by atoms with Gasteiger partial charge in [-0.15, -0.1) is 0 Å². The predicted octanol–water partition coefficient (Wildman–Crippen LogP) is 5.68. The summed E-state index contributed by atoms with van der Waals surface area (Å²) in [4.78, 5) is 3.82. The molecule has 20 heavy (non-hydrogen) atoms. The summed E-state index contributed by atoms with van der Waals surface area (Å²) in [5, 5.41) is 1.69. The van der Waals surface area contributed by atoms with E-state index in [9.17, 15) is 0 Å². The lowest BCUT2D eigenvalue weighted by molar-refractivity contribution is 0.718. The molecule has 1 N–H and O–H groups in total. The van der Waals surface area contributed by atoms with Crippen molar-refractivity contribution in [3.63, 3.8) is 0 Å². The maximum absolute atomic E-state index is 3.82. The maximum Gasteiger partial charge on any atom is 0.175 e. The maximum atomic E-state index is 3.82. The molecular weight excluding hydrogens is 258 g/mol. The Hall–Kier alpha value is -1.28. The van der Waals surface area contributed by atoms with E-state index < -0.39 is 8.24 Å². The van der Waals surface area contributed by atoms with Crippen LogP contribution in [-0.4, -0.2) is 8.24 Å². The molecule has 0 saturated carbocycles. The van der Waals surface area contributed by atoms with Gasteiger partial charge in [-0.05, 0) is 44.5 Å². The first-order valence-corrected chi connectivity index (χ1v) is 10.9. The number of para-hydroxylation sites is 1. The van der Waals surface area contributed by atoms with Gasteiger partial charge in [-0.3, -0.25) is 0 Å². The zero-order valence-corrected chi connectivity index (χ0v) is 14.1. The lowest BCUT2D eigenvalue weighted by atomic mass is 10.1. The highest BCUT2D eigenvalue weighted by Crippen LogP contribution is 2.31. The Labute approximate surface area is 124 Å². The second-order valence-electron chi connectivity index (χ2n) is 6.18. The number of hydrogen-bond acceptors (Lipinski definition) is 1. The van der Waals surface area contributed by atoms with Crippen LogP contribution in [0.2, 0.25) is 13.1 Å². The van der Waals surface area contributed by atoms with Crippen LogP contribution in [0.4, 0.5) is 5.69 Å². The van der Waals surface area contributed by atoms with Gasteiger partial charge in [-0.1, -0.05) is 60.9 Å². The molecule has 0 fully saturated rings. The van der Waals surface area contributed by atoms with E-state index in [4.69, 9.17) is 0 Å². The molecule has 0 bridgehead atoms. The van der Waals surface area contributed by atoms with Gasteiger partial charge < -0.3 is 4.98 Å². The summed E-state index contributed by atoms with van der Waals surface area (Å²) >= 11 is 0. The minimum atomic E-state index is -1.57. The summed E-state index contributed by atoms with van der Waals surface area (Å²) in [5.41, 5.74) is 2.87. The molecular formula is C18H27NSi. The third-order valence-electron chi connectivity index (χ3n) is 4.06. The van der Waals surface area contributed by atoms with Crippen LogP contribution in [0, 0.1) is 0 Å². The number of unbranched alkanes of at least 4 members (excludes halogenated alkanes) is 2. The topological polar surface area (TPSA) is 12.0 Å². The van der Waals surface area contributed by atoms with Crippen molar-refractivity contribution in [2.24, 2.45) is 0 Å². The first kappa shape index (κ1) is 15.1. The van der Waals surface area contributed by atoms with Gasteiger partial charge in [0.2, 0.25) is 0 Å². The van der Waals surface area contributed by atoms with Crippen molar-refractivity contribution in [2.75, 3.05) is 4.98 Å². The Morgan fingerprint density at radius 3 is 2.55 bits per heavy atom. The van der Waals surface area contributed by atoms with Crippen LogP contribution in [-0.2, 0) is 0 Å². The fourth-order valence-electron chi connectivity index (χ4n) is 2.96. The molecule has 2 heteroatoms. The van der Waals surface area contributed by atoms with Gasteiger partial charge in [0.25, 0.3) is 0 Å².